The molecule has 0 amide bonds. The Balaban J connectivity index is 2.71. The summed E-state index contributed by atoms with van der Waals surface area (Å²) < 4.78 is 4.90. The van der Waals surface area contributed by atoms with E-state index in [4.69, 9.17) is 16.3 Å². The summed E-state index contributed by atoms with van der Waals surface area (Å²) in [7, 11) is 1.49. The van der Waals surface area contributed by atoms with Gasteiger partial charge in [-0.25, -0.2) is 4.98 Å². The Bertz CT molecular complexity index is 347. The van der Waals surface area contributed by atoms with Gasteiger partial charge in [0.05, 0.1) is 19.4 Å². The van der Waals surface area contributed by atoms with Crippen LogP contribution in [0.15, 0.2) is 6.20 Å². The summed E-state index contributed by atoms with van der Waals surface area (Å²) in [5.74, 6) is 0.515. The normalized spacial score (nSPS) is 14.3. The molecule has 0 saturated heterocycles. The molecule has 1 aromatic rings. The standard InChI is InChI=1S/C10H16ClN3O2/c1-6(4-7(2)15)13-9-8(11)5-12-10(14-9)16-3/h5-7,15H,4H2,1-3H3,(H,12,13,14). The molecule has 0 radical (unpaired) electrons. The number of ether oxygens (including phenoxy) is 1. The van der Waals surface area contributed by atoms with E-state index in [1.807, 2.05) is 6.92 Å². The van der Waals surface area contributed by atoms with Crippen LogP contribution in [0.3, 0.4) is 0 Å². The number of hydrogen-bond donors (Lipinski definition) is 2. The van der Waals surface area contributed by atoms with Gasteiger partial charge < -0.3 is 15.2 Å². The molecule has 6 heteroatoms. The minimum Gasteiger partial charge on any atom is -0.467 e. The largest absolute Gasteiger partial charge is 0.467 e. The summed E-state index contributed by atoms with van der Waals surface area (Å²) in [6, 6.07) is 0.327. The van der Waals surface area contributed by atoms with Gasteiger partial charge in [0.1, 0.15) is 5.02 Å². The Kier molecular flexibility index (Phi) is 4.76. The highest BCUT2D eigenvalue weighted by atomic mass is 35.5. The Morgan fingerprint density at radius 1 is 1.56 bits per heavy atom. The number of methoxy groups -OCH3 is 1. The molecular formula is C10H16ClN3O2. The lowest BCUT2D eigenvalue weighted by Crippen LogP contribution is -2.21. The number of nitrogens with one attached hydrogen (secondary N) is 1. The second-order valence-electron chi connectivity index (χ2n) is 3.68. The number of nitrogens with zero attached hydrogens (tertiary/aromatic N) is 2. The van der Waals surface area contributed by atoms with Crippen molar-refractivity contribution in [1.29, 1.82) is 0 Å². The predicted octanol–water partition coefficient (Wildman–Crippen LogP) is 1.71. The molecule has 0 aliphatic rings. The number of rotatable bonds is 5. The third-order valence-electron chi connectivity index (χ3n) is 1.98. The minimum atomic E-state index is -0.370. The summed E-state index contributed by atoms with van der Waals surface area (Å²) in [5, 5.41) is 12.8. The van der Waals surface area contributed by atoms with E-state index in [9.17, 15) is 5.11 Å². The molecular weight excluding hydrogens is 230 g/mol. The van der Waals surface area contributed by atoms with E-state index in [1.54, 1.807) is 6.92 Å². The molecule has 2 atom stereocenters. The number of hydrogen-bond acceptors (Lipinski definition) is 5. The van der Waals surface area contributed by atoms with Crippen LogP contribution < -0.4 is 10.1 Å². The Morgan fingerprint density at radius 2 is 2.25 bits per heavy atom. The highest BCUT2D eigenvalue weighted by Gasteiger charge is 2.10. The lowest BCUT2D eigenvalue weighted by molar-refractivity contribution is 0.179. The molecule has 16 heavy (non-hydrogen) atoms. The van der Waals surface area contributed by atoms with E-state index in [0.29, 0.717) is 17.3 Å². The summed E-state index contributed by atoms with van der Waals surface area (Å²) in [6.45, 7) is 3.68. The van der Waals surface area contributed by atoms with Gasteiger partial charge in [-0.3, -0.25) is 0 Å². The third kappa shape index (κ3) is 3.83. The van der Waals surface area contributed by atoms with E-state index in [0.717, 1.165) is 0 Å². The van der Waals surface area contributed by atoms with Crippen molar-refractivity contribution in [3.63, 3.8) is 0 Å². The molecule has 1 aromatic heterocycles. The molecule has 90 valence electrons. The summed E-state index contributed by atoms with van der Waals surface area (Å²) in [5.41, 5.74) is 0. The van der Waals surface area contributed by atoms with E-state index in [-0.39, 0.29) is 18.2 Å². The molecule has 1 heterocycles. The average Bonchev–Trinajstić information content (AvgIpc) is 2.20. The number of halogens is 1. The molecule has 0 aliphatic carbocycles. The summed E-state index contributed by atoms with van der Waals surface area (Å²) >= 11 is 5.93. The maximum Gasteiger partial charge on any atom is 0.318 e. The van der Waals surface area contributed by atoms with Gasteiger partial charge in [-0.15, -0.1) is 0 Å². The lowest BCUT2D eigenvalue weighted by atomic mass is 10.1. The zero-order valence-electron chi connectivity index (χ0n) is 9.57. The van der Waals surface area contributed by atoms with Crippen molar-refractivity contribution >= 4 is 17.4 Å². The Morgan fingerprint density at radius 3 is 2.81 bits per heavy atom. The summed E-state index contributed by atoms with van der Waals surface area (Å²) in [4.78, 5) is 7.95. The first kappa shape index (κ1) is 13.0. The van der Waals surface area contributed by atoms with E-state index in [1.165, 1.54) is 13.3 Å². The molecule has 0 aromatic carbocycles. The first-order chi connectivity index (χ1) is 7.52. The molecule has 0 saturated carbocycles. The van der Waals surface area contributed by atoms with Crippen molar-refractivity contribution in [1.82, 2.24) is 9.97 Å². The molecule has 0 fully saturated rings. The maximum atomic E-state index is 9.24. The maximum absolute atomic E-state index is 9.24. The summed E-state index contributed by atoms with van der Waals surface area (Å²) in [6.07, 6.45) is 1.72. The number of anilines is 1. The van der Waals surface area contributed by atoms with Crippen LogP contribution in [0.2, 0.25) is 5.02 Å². The first-order valence-corrected chi connectivity index (χ1v) is 5.42. The fourth-order valence-electron chi connectivity index (χ4n) is 1.35. The molecule has 0 aliphatic heterocycles. The van der Waals surface area contributed by atoms with Gasteiger partial charge in [0.15, 0.2) is 5.82 Å². The van der Waals surface area contributed by atoms with Gasteiger partial charge in [-0.1, -0.05) is 11.6 Å². The number of aliphatic hydroxyl groups is 1. The molecule has 1 rings (SSSR count). The van der Waals surface area contributed by atoms with E-state index in [2.05, 4.69) is 15.3 Å². The fraction of sp³-hybridized carbons (Fsp3) is 0.600. The van der Waals surface area contributed by atoms with E-state index >= 15 is 0 Å². The monoisotopic (exact) mass is 245 g/mol. The van der Waals surface area contributed by atoms with Crippen molar-refractivity contribution < 1.29 is 9.84 Å². The quantitative estimate of drug-likeness (QED) is 0.827. The van der Waals surface area contributed by atoms with Crippen LogP contribution in [-0.4, -0.2) is 34.3 Å². The van der Waals surface area contributed by atoms with Crippen molar-refractivity contribution in [3.05, 3.63) is 11.2 Å². The van der Waals surface area contributed by atoms with Crippen LogP contribution in [0.4, 0.5) is 5.82 Å². The fourth-order valence-corrected chi connectivity index (χ4v) is 1.50. The molecule has 0 bridgehead atoms. The SMILES string of the molecule is COc1ncc(Cl)c(NC(C)CC(C)O)n1. The number of aromatic nitrogens is 2. The van der Waals surface area contributed by atoms with Crippen LogP contribution in [-0.2, 0) is 0 Å². The lowest BCUT2D eigenvalue weighted by Gasteiger charge is -2.16. The topological polar surface area (TPSA) is 67.3 Å². The van der Waals surface area contributed by atoms with Crippen LogP contribution >= 0.6 is 11.6 Å². The number of aliphatic hydroxyl groups excluding tert-OH is 1. The molecule has 2 unspecified atom stereocenters. The van der Waals surface area contributed by atoms with Gasteiger partial charge in [0.2, 0.25) is 0 Å². The van der Waals surface area contributed by atoms with Crippen molar-refractivity contribution in [2.75, 3.05) is 12.4 Å². The Hall–Kier alpha value is -1.07. The van der Waals surface area contributed by atoms with Gasteiger partial charge >= 0.3 is 6.01 Å². The van der Waals surface area contributed by atoms with Crippen LogP contribution in [0.5, 0.6) is 6.01 Å². The van der Waals surface area contributed by atoms with Crippen molar-refractivity contribution in [3.8, 4) is 6.01 Å². The smallest absolute Gasteiger partial charge is 0.318 e. The van der Waals surface area contributed by atoms with Crippen LogP contribution in [0.1, 0.15) is 20.3 Å². The van der Waals surface area contributed by atoms with E-state index < -0.39 is 0 Å². The zero-order chi connectivity index (χ0) is 12.1. The molecule has 0 spiro atoms. The second kappa shape index (κ2) is 5.86. The van der Waals surface area contributed by atoms with Crippen molar-refractivity contribution in [2.24, 2.45) is 0 Å². The molecule has 5 nitrogen and oxygen atoms in total. The third-order valence-corrected chi connectivity index (χ3v) is 2.26. The van der Waals surface area contributed by atoms with Gasteiger partial charge in [0, 0.05) is 6.04 Å². The molecule has 2 N–H and O–H groups in total. The van der Waals surface area contributed by atoms with Crippen molar-refractivity contribution in [2.45, 2.75) is 32.4 Å². The minimum absolute atomic E-state index is 0.0668. The van der Waals surface area contributed by atoms with Gasteiger partial charge in [0.25, 0.3) is 0 Å². The van der Waals surface area contributed by atoms with Gasteiger partial charge in [-0.2, -0.15) is 4.98 Å². The second-order valence-corrected chi connectivity index (χ2v) is 4.09. The highest BCUT2D eigenvalue weighted by molar-refractivity contribution is 6.32. The zero-order valence-corrected chi connectivity index (χ0v) is 10.3. The highest BCUT2D eigenvalue weighted by Crippen LogP contribution is 2.21. The van der Waals surface area contributed by atoms with Gasteiger partial charge in [-0.05, 0) is 20.3 Å². The van der Waals surface area contributed by atoms with Crippen LogP contribution in [0, 0.1) is 0 Å². The Labute approximate surface area is 99.8 Å². The first-order valence-electron chi connectivity index (χ1n) is 5.04. The van der Waals surface area contributed by atoms with Crippen LogP contribution in [0.25, 0.3) is 0 Å². The predicted molar refractivity (Wildman–Crippen MR) is 63.0 cm³/mol. The average molecular weight is 246 g/mol.